The van der Waals surface area contributed by atoms with Crippen molar-refractivity contribution in [1.82, 2.24) is 0 Å². The van der Waals surface area contributed by atoms with E-state index < -0.39 is 27.8 Å². The SMILES string of the molecule is CC(=O)c1cccc(NC(=O)[C@@H](C)OC(=O)C[C@H]2CCS(=O)(=O)C2)c1. The third kappa shape index (κ3) is 5.67. The number of nitrogens with one attached hydrogen (secondary N) is 1. The first kappa shape index (κ1) is 19.1. The maximum absolute atomic E-state index is 12.1. The number of carbonyl (C=O) groups excluding carboxylic acids is 3. The van der Waals surface area contributed by atoms with Crippen molar-refractivity contribution < 1.29 is 27.5 Å². The van der Waals surface area contributed by atoms with Crippen LogP contribution in [0.15, 0.2) is 24.3 Å². The molecule has 1 heterocycles. The molecule has 136 valence electrons. The van der Waals surface area contributed by atoms with Gasteiger partial charge in [-0.05, 0) is 38.3 Å². The van der Waals surface area contributed by atoms with Gasteiger partial charge in [-0.2, -0.15) is 0 Å². The van der Waals surface area contributed by atoms with Crippen LogP contribution in [-0.2, 0) is 24.2 Å². The molecular formula is C17H21NO6S. The van der Waals surface area contributed by atoms with Crippen LogP contribution in [0.5, 0.6) is 0 Å². The lowest BCUT2D eigenvalue weighted by molar-refractivity contribution is -0.153. The van der Waals surface area contributed by atoms with Crippen LogP contribution >= 0.6 is 0 Å². The van der Waals surface area contributed by atoms with E-state index in [-0.39, 0.29) is 29.6 Å². The summed E-state index contributed by atoms with van der Waals surface area (Å²) in [6.07, 6.45) is -0.599. The van der Waals surface area contributed by atoms with Gasteiger partial charge in [0.25, 0.3) is 5.91 Å². The van der Waals surface area contributed by atoms with Gasteiger partial charge in [-0.25, -0.2) is 8.42 Å². The molecule has 1 aliphatic rings. The highest BCUT2D eigenvalue weighted by Crippen LogP contribution is 2.22. The maximum Gasteiger partial charge on any atom is 0.306 e. The second-order valence-electron chi connectivity index (χ2n) is 6.23. The van der Waals surface area contributed by atoms with Crippen LogP contribution in [0.4, 0.5) is 5.69 Å². The highest BCUT2D eigenvalue weighted by atomic mass is 32.2. The molecular weight excluding hydrogens is 346 g/mol. The molecule has 1 saturated heterocycles. The maximum atomic E-state index is 12.1. The minimum absolute atomic E-state index is 0.0134. The largest absolute Gasteiger partial charge is 0.453 e. The monoisotopic (exact) mass is 367 g/mol. The van der Waals surface area contributed by atoms with Crippen LogP contribution in [0.1, 0.15) is 37.0 Å². The Kier molecular flexibility index (Phi) is 5.94. The molecule has 0 bridgehead atoms. The van der Waals surface area contributed by atoms with E-state index in [0.717, 1.165) is 0 Å². The fourth-order valence-electron chi connectivity index (χ4n) is 2.63. The third-order valence-electron chi connectivity index (χ3n) is 4.00. The lowest BCUT2D eigenvalue weighted by Crippen LogP contribution is -2.30. The van der Waals surface area contributed by atoms with E-state index in [9.17, 15) is 22.8 Å². The molecule has 25 heavy (non-hydrogen) atoms. The Balaban J connectivity index is 1.86. The van der Waals surface area contributed by atoms with Crippen molar-refractivity contribution in [2.24, 2.45) is 5.92 Å². The summed E-state index contributed by atoms with van der Waals surface area (Å²) in [6.45, 7) is 2.86. The molecule has 0 aromatic heterocycles. The number of esters is 1. The zero-order valence-electron chi connectivity index (χ0n) is 14.2. The number of carbonyl (C=O) groups is 3. The zero-order valence-corrected chi connectivity index (χ0v) is 15.0. The minimum atomic E-state index is -3.05. The van der Waals surface area contributed by atoms with E-state index >= 15 is 0 Å². The quantitative estimate of drug-likeness (QED) is 0.604. The van der Waals surface area contributed by atoms with Crippen molar-refractivity contribution in [3.63, 3.8) is 0 Å². The molecule has 1 aromatic rings. The van der Waals surface area contributed by atoms with Gasteiger partial charge in [-0.3, -0.25) is 14.4 Å². The minimum Gasteiger partial charge on any atom is -0.453 e. The predicted molar refractivity (Wildman–Crippen MR) is 92.0 cm³/mol. The van der Waals surface area contributed by atoms with Crippen LogP contribution in [-0.4, -0.2) is 43.7 Å². The molecule has 7 nitrogen and oxygen atoms in total. The number of sulfone groups is 1. The molecule has 0 aliphatic carbocycles. The number of benzene rings is 1. The van der Waals surface area contributed by atoms with Gasteiger partial charge < -0.3 is 10.1 Å². The fraction of sp³-hybridized carbons (Fsp3) is 0.471. The summed E-state index contributed by atoms with van der Waals surface area (Å²) in [5.74, 6) is -1.41. The van der Waals surface area contributed by atoms with E-state index in [2.05, 4.69) is 5.32 Å². The van der Waals surface area contributed by atoms with Crippen molar-refractivity contribution in [3.8, 4) is 0 Å². The smallest absolute Gasteiger partial charge is 0.306 e. The van der Waals surface area contributed by atoms with E-state index in [1.165, 1.54) is 19.9 Å². The van der Waals surface area contributed by atoms with Crippen LogP contribution < -0.4 is 5.32 Å². The van der Waals surface area contributed by atoms with Gasteiger partial charge in [0.15, 0.2) is 21.7 Å². The summed E-state index contributed by atoms with van der Waals surface area (Å²) in [7, 11) is -3.05. The zero-order chi connectivity index (χ0) is 18.6. The summed E-state index contributed by atoms with van der Waals surface area (Å²) in [4.78, 5) is 35.3. The Morgan fingerprint density at radius 2 is 2.04 bits per heavy atom. The number of hydrogen-bond donors (Lipinski definition) is 1. The number of ether oxygens (including phenoxy) is 1. The molecule has 1 amide bonds. The van der Waals surface area contributed by atoms with Gasteiger partial charge >= 0.3 is 5.97 Å². The van der Waals surface area contributed by atoms with Gasteiger partial charge in [0.1, 0.15) is 0 Å². The lowest BCUT2D eigenvalue weighted by Gasteiger charge is -2.15. The Labute approximate surface area is 146 Å². The summed E-state index contributed by atoms with van der Waals surface area (Å²) < 4.78 is 27.9. The van der Waals surface area contributed by atoms with Crippen molar-refractivity contribution >= 4 is 33.2 Å². The summed E-state index contributed by atoms with van der Waals surface area (Å²) in [5, 5.41) is 2.58. The molecule has 1 N–H and O–H groups in total. The number of hydrogen-bond acceptors (Lipinski definition) is 6. The summed E-state index contributed by atoms with van der Waals surface area (Å²) >= 11 is 0. The first-order valence-electron chi connectivity index (χ1n) is 7.98. The Morgan fingerprint density at radius 1 is 1.32 bits per heavy atom. The Hall–Kier alpha value is -2.22. The fourth-order valence-corrected chi connectivity index (χ4v) is 4.49. The number of amides is 1. The molecule has 0 radical (unpaired) electrons. The Morgan fingerprint density at radius 3 is 2.64 bits per heavy atom. The molecule has 1 aromatic carbocycles. The molecule has 1 aliphatic heterocycles. The number of rotatable bonds is 6. The normalized spacial score (nSPS) is 19.8. The van der Waals surface area contributed by atoms with E-state index in [4.69, 9.17) is 4.74 Å². The third-order valence-corrected chi connectivity index (χ3v) is 5.83. The average Bonchev–Trinajstić information content (AvgIpc) is 2.85. The van der Waals surface area contributed by atoms with Gasteiger partial charge in [-0.1, -0.05) is 12.1 Å². The standard InChI is InChI=1S/C17H21NO6S/c1-11(19)14-4-3-5-15(9-14)18-17(21)12(2)24-16(20)8-13-6-7-25(22,23)10-13/h3-5,9,12-13H,6-8,10H2,1-2H3,(H,18,21)/t12-,13-/m1/s1. The van der Waals surface area contributed by atoms with E-state index in [1.54, 1.807) is 18.2 Å². The Bertz CT molecular complexity index is 786. The van der Waals surface area contributed by atoms with Crippen LogP contribution in [0.2, 0.25) is 0 Å². The molecule has 1 fully saturated rings. The van der Waals surface area contributed by atoms with Gasteiger partial charge in [0, 0.05) is 17.7 Å². The van der Waals surface area contributed by atoms with Crippen molar-refractivity contribution in [2.45, 2.75) is 32.8 Å². The number of ketones is 1. The van der Waals surface area contributed by atoms with Crippen LogP contribution in [0, 0.1) is 5.92 Å². The van der Waals surface area contributed by atoms with E-state index in [1.807, 2.05) is 0 Å². The predicted octanol–water partition coefficient (Wildman–Crippen LogP) is 1.58. The van der Waals surface area contributed by atoms with Gasteiger partial charge in [0.2, 0.25) is 0 Å². The number of anilines is 1. The highest BCUT2D eigenvalue weighted by Gasteiger charge is 2.30. The molecule has 0 saturated carbocycles. The highest BCUT2D eigenvalue weighted by molar-refractivity contribution is 7.91. The molecule has 8 heteroatoms. The van der Waals surface area contributed by atoms with Crippen molar-refractivity contribution in [3.05, 3.63) is 29.8 Å². The first-order valence-corrected chi connectivity index (χ1v) is 9.80. The lowest BCUT2D eigenvalue weighted by atomic mass is 10.1. The first-order chi connectivity index (χ1) is 11.7. The van der Waals surface area contributed by atoms with Gasteiger partial charge in [-0.15, -0.1) is 0 Å². The van der Waals surface area contributed by atoms with E-state index in [0.29, 0.717) is 17.7 Å². The second-order valence-corrected chi connectivity index (χ2v) is 8.46. The molecule has 2 rings (SSSR count). The molecule has 0 unspecified atom stereocenters. The van der Waals surface area contributed by atoms with Crippen LogP contribution in [0.25, 0.3) is 0 Å². The summed E-state index contributed by atoms with van der Waals surface area (Å²) in [5.41, 5.74) is 0.896. The van der Waals surface area contributed by atoms with Crippen LogP contribution in [0.3, 0.4) is 0 Å². The molecule has 0 spiro atoms. The van der Waals surface area contributed by atoms with Crippen molar-refractivity contribution in [2.75, 3.05) is 16.8 Å². The van der Waals surface area contributed by atoms with Gasteiger partial charge in [0.05, 0.1) is 11.5 Å². The second kappa shape index (κ2) is 7.77. The molecule has 2 atom stereocenters. The number of Topliss-reactive ketones (excluding diaryl/α,β-unsaturated/α-hetero) is 1. The average molecular weight is 367 g/mol. The van der Waals surface area contributed by atoms with Crippen molar-refractivity contribution in [1.29, 1.82) is 0 Å². The topological polar surface area (TPSA) is 107 Å². The summed E-state index contributed by atoms with van der Waals surface area (Å²) in [6, 6.07) is 6.45.